The van der Waals surface area contributed by atoms with Gasteiger partial charge in [-0.15, -0.1) is 11.3 Å². The third kappa shape index (κ3) is 5.14. The van der Waals surface area contributed by atoms with Crippen molar-refractivity contribution in [2.45, 2.75) is 19.6 Å². The summed E-state index contributed by atoms with van der Waals surface area (Å²) in [5.41, 5.74) is 0.586. The van der Waals surface area contributed by atoms with Gasteiger partial charge in [0.25, 0.3) is 0 Å². The molecule has 0 radical (unpaired) electrons. The number of likely N-dealkylation sites (N-methyl/N-ethyl adjacent to an activating group) is 1. The molecule has 22 heavy (non-hydrogen) atoms. The Balaban J connectivity index is 1.84. The molecule has 0 aliphatic rings. The van der Waals surface area contributed by atoms with Gasteiger partial charge in [0.2, 0.25) is 0 Å². The molecule has 0 saturated carbocycles. The van der Waals surface area contributed by atoms with Crippen molar-refractivity contribution in [3.63, 3.8) is 0 Å². The number of rotatable bonds is 6. The molecule has 2 amide bonds. The van der Waals surface area contributed by atoms with Crippen LogP contribution < -0.4 is 10.6 Å². The lowest BCUT2D eigenvalue weighted by Crippen LogP contribution is -2.29. The molecule has 0 fully saturated rings. The van der Waals surface area contributed by atoms with E-state index in [0.29, 0.717) is 18.8 Å². The van der Waals surface area contributed by atoms with E-state index < -0.39 is 6.10 Å². The van der Waals surface area contributed by atoms with Crippen molar-refractivity contribution in [2.75, 3.05) is 31.3 Å². The van der Waals surface area contributed by atoms with Gasteiger partial charge in [-0.25, -0.2) is 4.79 Å². The number of hydrogen-bond acceptors (Lipinski definition) is 5. The second-order valence-electron chi connectivity index (χ2n) is 5.36. The zero-order valence-electron chi connectivity index (χ0n) is 12.9. The topological polar surface area (TPSA) is 82.4 Å². The van der Waals surface area contributed by atoms with Crippen LogP contribution in [0.1, 0.15) is 4.88 Å². The number of nitrogens with zero attached hydrogens (tertiary/aromatic N) is 3. The molecule has 2 heterocycles. The Bertz CT molecular complexity index is 622. The fourth-order valence-corrected chi connectivity index (χ4v) is 2.76. The number of aliphatic hydroxyl groups excluding tert-OH is 1. The van der Waals surface area contributed by atoms with E-state index in [0.717, 1.165) is 9.88 Å². The van der Waals surface area contributed by atoms with Crippen LogP contribution in [0.4, 0.5) is 15.5 Å². The fraction of sp³-hybridized carbons (Fsp3) is 0.429. The molecule has 2 aromatic rings. The van der Waals surface area contributed by atoms with Gasteiger partial charge >= 0.3 is 6.03 Å². The molecule has 120 valence electrons. The second kappa shape index (κ2) is 7.39. The number of amides is 2. The first-order valence-electron chi connectivity index (χ1n) is 6.92. The first-order chi connectivity index (χ1) is 10.4. The average Bonchev–Trinajstić information content (AvgIpc) is 2.98. The normalized spacial score (nSPS) is 12.4. The molecule has 0 bridgehead atoms. The molecule has 2 aromatic heterocycles. The maximum atomic E-state index is 11.9. The summed E-state index contributed by atoms with van der Waals surface area (Å²) < 4.78 is 1.61. The van der Waals surface area contributed by atoms with Crippen LogP contribution >= 0.6 is 11.3 Å². The van der Waals surface area contributed by atoms with Gasteiger partial charge in [0, 0.05) is 17.6 Å². The smallest absolute Gasteiger partial charge is 0.324 e. The average molecular weight is 323 g/mol. The number of urea groups is 1. The van der Waals surface area contributed by atoms with E-state index >= 15 is 0 Å². The number of thiophene rings is 1. The molecule has 0 unspecified atom stereocenters. The van der Waals surface area contributed by atoms with Gasteiger partial charge in [-0.1, -0.05) is 0 Å². The van der Waals surface area contributed by atoms with Gasteiger partial charge in [-0.2, -0.15) is 5.10 Å². The van der Waals surface area contributed by atoms with Crippen molar-refractivity contribution >= 4 is 28.1 Å². The molecule has 8 heteroatoms. The highest BCUT2D eigenvalue weighted by molar-refractivity contribution is 7.16. The number of carbonyl (C=O) groups excluding carboxylic acids is 1. The van der Waals surface area contributed by atoms with E-state index in [1.54, 1.807) is 17.1 Å². The number of aryl methyl sites for hydroxylation is 1. The summed E-state index contributed by atoms with van der Waals surface area (Å²) in [6.07, 6.45) is 2.74. The number of aliphatic hydroxyl groups is 1. The third-order valence-corrected chi connectivity index (χ3v) is 3.76. The third-order valence-electron chi connectivity index (χ3n) is 2.84. The molecule has 0 aliphatic heterocycles. The summed E-state index contributed by atoms with van der Waals surface area (Å²) in [7, 11) is 3.80. The molecular weight excluding hydrogens is 302 g/mol. The summed E-state index contributed by atoms with van der Waals surface area (Å²) >= 11 is 1.52. The standard InChI is InChI=1S/C14H21N5O2S/c1-10-4-5-13(22-10)17-14(21)16-11-6-15-19(7-11)9-12(20)8-18(2)3/h4-7,12,20H,8-9H2,1-3H3,(H2,16,17,21)/t12-/m1/s1. The zero-order valence-corrected chi connectivity index (χ0v) is 13.7. The minimum absolute atomic E-state index is 0.310. The monoisotopic (exact) mass is 323 g/mol. The van der Waals surface area contributed by atoms with Crippen molar-refractivity contribution in [3.05, 3.63) is 29.4 Å². The van der Waals surface area contributed by atoms with E-state index in [4.69, 9.17) is 0 Å². The highest BCUT2D eigenvalue weighted by Crippen LogP contribution is 2.20. The Labute approximate surface area is 133 Å². The summed E-state index contributed by atoms with van der Waals surface area (Å²) in [5.74, 6) is 0. The Morgan fingerprint density at radius 2 is 2.23 bits per heavy atom. The van der Waals surface area contributed by atoms with Crippen molar-refractivity contribution in [1.82, 2.24) is 14.7 Å². The number of anilines is 2. The zero-order chi connectivity index (χ0) is 16.1. The van der Waals surface area contributed by atoms with Crippen molar-refractivity contribution in [3.8, 4) is 0 Å². The molecule has 0 aromatic carbocycles. The van der Waals surface area contributed by atoms with Crippen LogP contribution in [0.5, 0.6) is 0 Å². The summed E-state index contributed by atoms with van der Waals surface area (Å²) in [6, 6.07) is 3.50. The SMILES string of the molecule is Cc1ccc(NC(=O)Nc2cnn(C[C@H](O)CN(C)C)c2)s1. The molecule has 7 nitrogen and oxygen atoms in total. The first-order valence-corrected chi connectivity index (χ1v) is 7.73. The fourth-order valence-electron chi connectivity index (χ4n) is 2.00. The van der Waals surface area contributed by atoms with Crippen LogP contribution in [0.2, 0.25) is 0 Å². The predicted molar refractivity (Wildman–Crippen MR) is 88.5 cm³/mol. The van der Waals surface area contributed by atoms with E-state index in [9.17, 15) is 9.90 Å². The van der Waals surface area contributed by atoms with Crippen LogP contribution in [-0.2, 0) is 6.54 Å². The van der Waals surface area contributed by atoms with Crippen molar-refractivity contribution < 1.29 is 9.90 Å². The lowest BCUT2D eigenvalue weighted by molar-refractivity contribution is 0.116. The molecular formula is C14H21N5O2S. The summed E-state index contributed by atoms with van der Waals surface area (Å²) in [4.78, 5) is 14.9. The van der Waals surface area contributed by atoms with E-state index in [-0.39, 0.29) is 6.03 Å². The van der Waals surface area contributed by atoms with Crippen LogP contribution in [0.25, 0.3) is 0 Å². The Morgan fingerprint density at radius 1 is 1.45 bits per heavy atom. The Hall–Kier alpha value is -1.90. The van der Waals surface area contributed by atoms with E-state index in [1.165, 1.54) is 11.3 Å². The molecule has 1 atom stereocenters. The van der Waals surface area contributed by atoms with E-state index in [1.807, 2.05) is 38.1 Å². The second-order valence-corrected chi connectivity index (χ2v) is 6.64. The van der Waals surface area contributed by atoms with Gasteiger partial charge in [0.15, 0.2) is 0 Å². The lowest BCUT2D eigenvalue weighted by Gasteiger charge is -2.15. The molecule has 2 rings (SSSR count). The van der Waals surface area contributed by atoms with Crippen molar-refractivity contribution in [2.24, 2.45) is 0 Å². The van der Waals surface area contributed by atoms with Crippen LogP contribution in [0.3, 0.4) is 0 Å². The minimum Gasteiger partial charge on any atom is -0.390 e. The van der Waals surface area contributed by atoms with Crippen LogP contribution in [0.15, 0.2) is 24.5 Å². The first kappa shape index (κ1) is 16.5. The summed E-state index contributed by atoms with van der Waals surface area (Å²) in [5, 5.41) is 20.3. The van der Waals surface area contributed by atoms with E-state index in [2.05, 4.69) is 15.7 Å². The van der Waals surface area contributed by atoms with Gasteiger partial charge < -0.3 is 15.3 Å². The van der Waals surface area contributed by atoms with Crippen LogP contribution in [0, 0.1) is 6.92 Å². The molecule has 3 N–H and O–H groups in total. The van der Waals surface area contributed by atoms with Gasteiger partial charge in [0.1, 0.15) is 0 Å². The Kier molecular flexibility index (Phi) is 5.53. The number of carbonyl (C=O) groups is 1. The molecule has 0 saturated heterocycles. The predicted octanol–water partition coefficient (Wildman–Crippen LogP) is 1.82. The highest BCUT2D eigenvalue weighted by atomic mass is 32.1. The van der Waals surface area contributed by atoms with Gasteiger partial charge in [0.05, 0.1) is 29.5 Å². The maximum absolute atomic E-state index is 11.9. The lowest BCUT2D eigenvalue weighted by atomic mass is 10.3. The Morgan fingerprint density at radius 3 is 2.86 bits per heavy atom. The van der Waals surface area contributed by atoms with Gasteiger partial charge in [-0.05, 0) is 33.2 Å². The quantitative estimate of drug-likeness (QED) is 0.757. The van der Waals surface area contributed by atoms with Gasteiger partial charge in [-0.3, -0.25) is 10.00 Å². The maximum Gasteiger partial charge on any atom is 0.324 e. The largest absolute Gasteiger partial charge is 0.390 e. The number of hydrogen-bond donors (Lipinski definition) is 3. The molecule has 0 aliphatic carbocycles. The summed E-state index contributed by atoms with van der Waals surface area (Å²) in [6.45, 7) is 2.92. The number of nitrogens with one attached hydrogen (secondary N) is 2. The molecule has 0 spiro atoms. The van der Waals surface area contributed by atoms with Crippen molar-refractivity contribution in [1.29, 1.82) is 0 Å². The minimum atomic E-state index is -0.509. The number of aromatic nitrogens is 2. The van der Waals surface area contributed by atoms with Crippen LogP contribution in [-0.4, -0.2) is 52.6 Å². The highest BCUT2D eigenvalue weighted by Gasteiger charge is 2.09.